The van der Waals surface area contributed by atoms with Crippen LogP contribution in [-0.2, 0) is 17.6 Å². The Morgan fingerprint density at radius 3 is 2.84 bits per heavy atom. The van der Waals surface area contributed by atoms with Crippen LogP contribution in [-0.4, -0.2) is 19.6 Å². The molecular weight excluding hydrogens is 378 g/mol. The number of fused-ring (bicyclic) bond motifs is 2. The number of benzene rings is 3. The van der Waals surface area contributed by atoms with Gasteiger partial charge in [0.1, 0.15) is 5.75 Å². The Bertz CT molecular complexity index is 967. The van der Waals surface area contributed by atoms with E-state index in [9.17, 15) is 4.79 Å². The Labute approximate surface area is 155 Å². The lowest BCUT2D eigenvalue weighted by atomic mass is 10.0. The molecule has 0 atom stereocenters. The zero-order valence-electron chi connectivity index (χ0n) is 14.0. The standard InChI is InChI=1S/C21H18BrNO2/c1-25-20-9-6-15-12-16(22)7-8-17(15)18(20)13-21(24)23-11-10-14-4-2-3-5-19(14)23/h2-9,12H,10-11,13H2,1H3. The molecule has 3 nitrogen and oxygen atoms in total. The highest BCUT2D eigenvalue weighted by Gasteiger charge is 2.25. The van der Waals surface area contributed by atoms with Crippen molar-refractivity contribution in [2.24, 2.45) is 0 Å². The SMILES string of the molecule is COc1ccc2cc(Br)ccc2c1CC(=O)N1CCc2ccccc21. The van der Waals surface area contributed by atoms with Crippen LogP contribution in [0, 0.1) is 0 Å². The predicted octanol–water partition coefficient (Wildman–Crippen LogP) is 4.74. The van der Waals surface area contributed by atoms with E-state index in [1.54, 1.807) is 7.11 Å². The number of carbonyl (C=O) groups is 1. The first-order valence-electron chi connectivity index (χ1n) is 8.31. The number of rotatable bonds is 3. The summed E-state index contributed by atoms with van der Waals surface area (Å²) in [4.78, 5) is 14.9. The van der Waals surface area contributed by atoms with E-state index in [1.165, 1.54) is 5.56 Å². The number of para-hydroxylation sites is 1. The number of hydrogen-bond acceptors (Lipinski definition) is 2. The van der Waals surface area contributed by atoms with Gasteiger partial charge in [0.15, 0.2) is 0 Å². The van der Waals surface area contributed by atoms with Crippen molar-refractivity contribution in [3.05, 3.63) is 70.2 Å². The lowest BCUT2D eigenvalue weighted by molar-refractivity contribution is -0.117. The van der Waals surface area contributed by atoms with Crippen molar-refractivity contribution < 1.29 is 9.53 Å². The molecule has 1 aliphatic heterocycles. The van der Waals surface area contributed by atoms with Crippen LogP contribution in [0.25, 0.3) is 10.8 Å². The number of carbonyl (C=O) groups excluding carboxylic acids is 1. The minimum Gasteiger partial charge on any atom is -0.496 e. The van der Waals surface area contributed by atoms with Gasteiger partial charge >= 0.3 is 0 Å². The van der Waals surface area contributed by atoms with Crippen LogP contribution in [0.1, 0.15) is 11.1 Å². The highest BCUT2D eigenvalue weighted by Crippen LogP contribution is 2.33. The third kappa shape index (κ3) is 2.91. The number of ether oxygens (including phenoxy) is 1. The van der Waals surface area contributed by atoms with E-state index >= 15 is 0 Å². The summed E-state index contributed by atoms with van der Waals surface area (Å²) in [5, 5.41) is 2.16. The molecule has 0 aliphatic carbocycles. The Kier molecular flexibility index (Phi) is 4.22. The summed E-state index contributed by atoms with van der Waals surface area (Å²) in [6.07, 6.45) is 1.25. The summed E-state index contributed by atoms with van der Waals surface area (Å²) in [5.41, 5.74) is 3.22. The minimum absolute atomic E-state index is 0.110. The van der Waals surface area contributed by atoms with E-state index in [2.05, 4.69) is 28.1 Å². The van der Waals surface area contributed by atoms with Gasteiger partial charge in [0, 0.05) is 22.3 Å². The maximum atomic E-state index is 13.0. The van der Waals surface area contributed by atoms with Crippen LogP contribution < -0.4 is 9.64 Å². The molecule has 25 heavy (non-hydrogen) atoms. The van der Waals surface area contributed by atoms with Crippen molar-refractivity contribution in [3.63, 3.8) is 0 Å². The van der Waals surface area contributed by atoms with Crippen LogP contribution >= 0.6 is 15.9 Å². The second kappa shape index (κ2) is 6.52. The fourth-order valence-corrected chi connectivity index (χ4v) is 3.94. The predicted molar refractivity (Wildman–Crippen MR) is 104 cm³/mol. The summed E-state index contributed by atoms with van der Waals surface area (Å²) in [6.45, 7) is 0.747. The molecule has 0 N–H and O–H groups in total. The lowest BCUT2D eigenvalue weighted by Gasteiger charge is -2.19. The summed E-state index contributed by atoms with van der Waals surface area (Å²) < 4.78 is 6.56. The number of halogens is 1. The molecule has 126 valence electrons. The zero-order chi connectivity index (χ0) is 17.4. The fraction of sp³-hybridized carbons (Fsp3) is 0.190. The van der Waals surface area contributed by atoms with Gasteiger partial charge in [0.25, 0.3) is 0 Å². The maximum Gasteiger partial charge on any atom is 0.231 e. The molecule has 4 rings (SSSR count). The number of hydrogen-bond donors (Lipinski definition) is 0. The Morgan fingerprint density at radius 2 is 2.00 bits per heavy atom. The van der Waals surface area contributed by atoms with Gasteiger partial charge in [-0.1, -0.05) is 46.3 Å². The molecule has 0 fully saturated rings. The second-order valence-electron chi connectivity index (χ2n) is 6.21. The monoisotopic (exact) mass is 395 g/mol. The topological polar surface area (TPSA) is 29.5 Å². The van der Waals surface area contributed by atoms with Gasteiger partial charge in [-0.25, -0.2) is 0 Å². The molecule has 0 bridgehead atoms. The Morgan fingerprint density at radius 1 is 1.16 bits per heavy atom. The van der Waals surface area contributed by atoms with Gasteiger partial charge in [-0.05, 0) is 47.0 Å². The third-order valence-corrected chi connectivity index (χ3v) is 5.28. The highest BCUT2D eigenvalue weighted by atomic mass is 79.9. The number of nitrogens with zero attached hydrogens (tertiary/aromatic N) is 1. The smallest absolute Gasteiger partial charge is 0.231 e. The lowest BCUT2D eigenvalue weighted by Crippen LogP contribution is -2.30. The van der Waals surface area contributed by atoms with Crippen LogP contribution in [0.2, 0.25) is 0 Å². The van der Waals surface area contributed by atoms with Crippen LogP contribution in [0.15, 0.2) is 59.1 Å². The van der Waals surface area contributed by atoms with Crippen LogP contribution in [0.4, 0.5) is 5.69 Å². The van der Waals surface area contributed by atoms with Crippen LogP contribution in [0.5, 0.6) is 5.75 Å². The average Bonchev–Trinajstić information content (AvgIpc) is 3.06. The Hall–Kier alpha value is -2.33. The van der Waals surface area contributed by atoms with Crippen molar-refractivity contribution in [2.75, 3.05) is 18.6 Å². The molecule has 0 saturated carbocycles. The molecule has 0 saturated heterocycles. The van der Waals surface area contributed by atoms with Gasteiger partial charge in [-0.3, -0.25) is 4.79 Å². The average molecular weight is 396 g/mol. The van der Waals surface area contributed by atoms with Gasteiger partial charge < -0.3 is 9.64 Å². The van der Waals surface area contributed by atoms with Gasteiger partial charge in [0.2, 0.25) is 5.91 Å². The van der Waals surface area contributed by atoms with E-state index < -0.39 is 0 Å². The maximum absolute atomic E-state index is 13.0. The molecule has 0 spiro atoms. The number of methoxy groups -OCH3 is 1. The van der Waals surface area contributed by atoms with E-state index in [1.807, 2.05) is 47.4 Å². The van der Waals surface area contributed by atoms with Crippen molar-refractivity contribution in [1.29, 1.82) is 0 Å². The number of anilines is 1. The minimum atomic E-state index is 0.110. The summed E-state index contributed by atoms with van der Waals surface area (Å²) >= 11 is 3.51. The van der Waals surface area contributed by atoms with Crippen LogP contribution in [0.3, 0.4) is 0 Å². The molecule has 1 heterocycles. The van der Waals surface area contributed by atoms with Gasteiger partial charge in [-0.15, -0.1) is 0 Å². The van der Waals surface area contributed by atoms with E-state index in [0.29, 0.717) is 6.42 Å². The summed E-state index contributed by atoms with van der Waals surface area (Å²) in [5.74, 6) is 0.870. The summed E-state index contributed by atoms with van der Waals surface area (Å²) in [7, 11) is 1.65. The normalized spacial score (nSPS) is 13.1. The largest absolute Gasteiger partial charge is 0.496 e. The quantitative estimate of drug-likeness (QED) is 0.640. The second-order valence-corrected chi connectivity index (χ2v) is 7.13. The molecule has 1 amide bonds. The highest BCUT2D eigenvalue weighted by molar-refractivity contribution is 9.10. The van der Waals surface area contributed by atoms with Gasteiger partial charge in [-0.2, -0.15) is 0 Å². The zero-order valence-corrected chi connectivity index (χ0v) is 15.5. The molecule has 4 heteroatoms. The van der Waals surface area contributed by atoms with E-state index in [-0.39, 0.29) is 5.91 Å². The van der Waals surface area contributed by atoms with Crippen molar-refractivity contribution in [1.82, 2.24) is 0 Å². The van der Waals surface area contributed by atoms with E-state index in [0.717, 1.165) is 45.2 Å². The molecular formula is C21H18BrNO2. The third-order valence-electron chi connectivity index (χ3n) is 4.79. The molecule has 0 unspecified atom stereocenters. The van der Waals surface area contributed by atoms with Crippen molar-refractivity contribution >= 4 is 38.3 Å². The first kappa shape index (κ1) is 16.2. The molecule has 0 aromatic heterocycles. The van der Waals surface area contributed by atoms with Crippen molar-refractivity contribution in [2.45, 2.75) is 12.8 Å². The fourth-order valence-electron chi connectivity index (χ4n) is 3.56. The Balaban J connectivity index is 1.72. The first-order chi connectivity index (χ1) is 12.2. The molecule has 3 aromatic rings. The van der Waals surface area contributed by atoms with Gasteiger partial charge in [0.05, 0.1) is 13.5 Å². The number of amides is 1. The molecule has 0 radical (unpaired) electrons. The first-order valence-corrected chi connectivity index (χ1v) is 9.10. The van der Waals surface area contributed by atoms with E-state index in [4.69, 9.17) is 4.74 Å². The molecule has 3 aromatic carbocycles. The summed E-state index contributed by atoms with van der Waals surface area (Å²) in [6, 6.07) is 18.2. The van der Waals surface area contributed by atoms with Crippen molar-refractivity contribution in [3.8, 4) is 5.75 Å². The molecule has 1 aliphatic rings.